The minimum atomic E-state index is -0.540. The lowest BCUT2D eigenvalue weighted by molar-refractivity contribution is 0.0430. The molecule has 3 rings (SSSR count). The van der Waals surface area contributed by atoms with Crippen LogP contribution in [0.4, 0.5) is 0 Å². The minimum Gasteiger partial charge on any atom is -0.452 e. The van der Waals surface area contributed by atoms with E-state index in [4.69, 9.17) is 26.1 Å². The molecule has 0 saturated heterocycles. The van der Waals surface area contributed by atoms with Crippen LogP contribution >= 0.6 is 11.6 Å². The van der Waals surface area contributed by atoms with Crippen LogP contribution in [0.5, 0.6) is 0 Å². The summed E-state index contributed by atoms with van der Waals surface area (Å²) in [5.41, 5.74) is 1.51. The lowest BCUT2D eigenvalue weighted by atomic mass is 10.1. The SMILES string of the molecule is N#Cc1ccc(C(=O)OCc2nc(-c3cccc(Cl)c3)no2)cc1. The van der Waals surface area contributed by atoms with Gasteiger partial charge in [-0.3, -0.25) is 0 Å². The molecular weight excluding hydrogens is 330 g/mol. The summed E-state index contributed by atoms with van der Waals surface area (Å²) in [5, 5.41) is 13.1. The summed E-state index contributed by atoms with van der Waals surface area (Å²) in [6.07, 6.45) is 0. The van der Waals surface area contributed by atoms with Gasteiger partial charge in [0.15, 0.2) is 6.61 Å². The van der Waals surface area contributed by atoms with Crippen molar-refractivity contribution < 1.29 is 14.1 Å². The largest absolute Gasteiger partial charge is 0.452 e. The molecule has 7 heteroatoms. The van der Waals surface area contributed by atoms with E-state index in [0.29, 0.717) is 27.5 Å². The lowest BCUT2D eigenvalue weighted by Gasteiger charge is -2.01. The molecule has 0 aliphatic carbocycles. The van der Waals surface area contributed by atoms with Crippen LogP contribution < -0.4 is 0 Å². The topological polar surface area (TPSA) is 89.0 Å². The first-order valence-corrected chi connectivity index (χ1v) is 7.29. The van der Waals surface area contributed by atoms with Gasteiger partial charge >= 0.3 is 5.97 Å². The van der Waals surface area contributed by atoms with Crippen molar-refractivity contribution in [3.63, 3.8) is 0 Å². The molecule has 1 heterocycles. The van der Waals surface area contributed by atoms with Crippen molar-refractivity contribution in [2.75, 3.05) is 0 Å². The van der Waals surface area contributed by atoms with Gasteiger partial charge in [-0.1, -0.05) is 28.9 Å². The molecule has 0 aliphatic heterocycles. The Morgan fingerprint density at radius 1 is 1.25 bits per heavy atom. The Kier molecular flexibility index (Phi) is 4.54. The summed E-state index contributed by atoms with van der Waals surface area (Å²) >= 11 is 5.92. The van der Waals surface area contributed by atoms with E-state index in [1.165, 1.54) is 12.1 Å². The van der Waals surface area contributed by atoms with Crippen LogP contribution in [0.1, 0.15) is 21.8 Å². The molecule has 0 N–H and O–H groups in total. The molecule has 0 atom stereocenters. The standard InChI is InChI=1S/C17H10ClN3O3/c18-14-3-1-2-13(8-14)16-20-15(24-21-16)10-23-17(22)12-6-4-11(9-19)5-7-12/h1-8H,10H2. The average molecular weight is 340 g/mol. The third-order valence-electron chi connectivity index (χ3n) is 3.13. The fourth-order valence-corrected chi connectivity index (χ4v) is 2.14. The van der Waals surface area contributed by atoms with Crippen LogP contribution in [0.15, 0.2) is 53.1 Å². The van der Waals surface area contributed by atoms with E-state index in [0.717, 1.165) is 0 Å². The Bertz CT molecular complexity index is 913. The van der Waals surface area contributed by atoms with Gasteiger partial charge in [0.05, 0.1) is 17.2 Å². The van der Waals surface area contributed by atoms with Gasteiger partial charge < -0.3 is 9.26 Å². The van der Waals surface area contributed by atoms with Crippen LogP contribution in [-0.4, -0.2) is 16.1 Å². The molecule has 0 radical (unpaired) electrons. The van der Waals surface area contributed by atoms with E-state index < -0.39 is 5.97 Å². The second-order valence-corrected chi connectivity index (χ2v) is 5.22. The number of halogens is 1. The monoisotopic (exact) mass is 339 g/mol. The summed E-state index contributed by atoms with van der Waals surface area (Å²) in [7, 11) is 0. The summed E-state index contributed by atoms with van der Waals surface area (Å²) < 4.78 is 10.2. The average Bonchev–Trinajstić information content (AvgIpc) is 3.09. The van der Waals surface area contributed by atoms with Crippen molar-refractivity contribution in [1.29, 1.82) is 5.26 Å². The summed E-state index contributed by atoms with van der Waals surface area (Å²) in [5.74, 6) is -0.00381. The van der Waals surface area contributed by atoms with Gasteiger partial charge in [0.1, 0.15) is 0 Å². The van der Waals surface area contributed by atoms with E-state index in [1.807, 2.05) is 6.07 Å². The number of carbonyl (C=O) groups excluding carboxylic acids is 1. The zero-order valence-corrected chi connectivity index (χ0v) is 13.0. The predicted octanol–water partition coefficient (Wildman–Crippen LogP) is 3.62. The van der Waals surface area contributed by atoms with Gasteiger partial charge in [0, 0.05) is 10.6 Å². The highest BCUT2D eigenvalue weighted by atomic mass is 35.5. The first-order valence-electron chi connectivity index (χ1n) is 6.91. The Hall–Kier alpha value is -3.17. The molecule has 0 amide bonds. The van der Waals surface area contributed by atoms with Crippen LogP contribution in [0.25, 0.3) is 11.4 Å². The van der Waals surface area contributed by atoms with Crippen LogP contribution in [-0.2, 0) is 11.3 Å². The van der Waals surface area contributed by atoms with Crippen LogP contribution in [0, 0.1) is 11.3 Å². The van der Waals surface area contributed by atoms with Crippen LogP contribution in [0.2, 0.25) is 5.02 Å². The highest BCUT2D eigenvalue weighted by molar-refractivity contribution is 6.30. The van der Waals surface area contributed by atoms with E-state index in [2.05, 4.69) is 10.1 Å². The number of nitrogens with zero attached hydrogens (tertiary/aromatic N) is 3. The van der Waals surface area contributed by atoms with Crippen LogP contribution in [0.3, 0.4) is 0 Å². The molecule has 118 valence electrons. The molecule has 24 heavy (non-hydrogen) atoms. The normalized spacial score (nSPS) is 10.2. The molecule has 3 aromatic rings. The second-order valence-electron chi connectivity index (χ2n) is 4.79. The van der Waals surface area contributed by atoms with Crippen molar-refractivity contribution in [3.8, 4) is 17.5 Å². The van der Waals surface area contributed by atoms with Crippen molar-refractivity contribution >= 4 is 17.6 Å². The number of nitriles is 1. The molecule has 2 aromatic carbocycles. The van der Waals surface area contributed by atoms with E-state index in [-0.39, 0.29) is 12.5 Å². The Morgan fingerprint density at radius 2 is 2.04 bits per heavy atom. The molecule has 0 unspecified atom stereocenters. The van der Waals surface area contributed by atoms with Gasteiger partial charge in [-0.05, 0) is 36.4 Å². The van der Waals surface area contributed by atoms with Gasteiger partial charge in [0.25, 0.3) is 5.89 Å². The molecule has 0 aliphatic rings. The zero-order valence-electron chi connectivity index (χ0n) is 12.3. The molecular formula is C17H10ClN3O3. The molecule has 6 nitrogen and oxygen atoms in total. The first kappa shape index (κ1) is 15.7. The van der Waals surface area contributed by atoms with Gasteiger partial charge in [-0.25, -0.2) is 4.79 Å². The number of carbonyl (C=O) groups is 1. The molecule has 0 bridgehead atoms. The second kappa shape index (κ2) is 6.94. The summed E-state index contributed by atoms with van der Waals surface area (Å²) in [6, 6.07) is 15.1. The smallest absolute Gasteiger partial charge is 0.338 e. The zero-order chi connectivity index (χ0) is 16.9. The van der Waals surface area contributed by atoms with Crippen molar-refractivity contribution in [1.82, 2.24) is 10.1 Å². The van der Waals surface area contributed by atoms with Gasteiger partial charge in [0.2, 0.25) is 5.82 Å². The minimum absolute atomic E-state index is 0.146. The molecule has 0 saturated carbocycles. The number of rotatable bonds is 4. The van der Waals surface area contributed by atoms with Crippen molar-refractivity contribution in [2.45, 2.75) is 6.61 Å². The number of hydrogen-bond donors (Lipinski definition) is 0. The first-order chi connectivity index (χ1) is 11.7. The Labute approximate surface area is 142 Å². The lowest BCUT2D eigenvalue weighted by Crippen LogP contribution is -2.05. The molecule has 0 fully saturated rings. The van der Waals surface area contributed by atoms with Crippen molar-refractivity contribution in [2.24, 2.45) is 0 Å². The summed E-state index contributed by atoms with van der Waals surface area (Å²) in [6.45, 7) is -0.146. The number of hydrogen-bond acceptors (Lipinski definition) is 6. The number of ether oxygens (including phenoxy) is 1. The fourth-order valence-electron chi connectivity index (χ4n) is 1.95. The number of esters is 1. The maximum Gasteiger partial charge on any atom is 0.338 e. The number of benzene rings is 2. The summed E-state index contributed by atoms with van der Waals surface area (Å²) in [4.78, 5) is 16.1. The van der Waals surface area contributed by atoms with Crippen molar-refractivity contribution in [3.05, 3.63) is 70.6 Å². The highest BCUT2D eigenvalue weighted by Crippen LogP contribution is 2.20. The quantitative estimate of drug-likeness (QED) is 0.674. The van der Waals surface area contributed by atoms with Gasteiger partial charge in [-0.15, -0.1) is 0 Å². The third-order valence-corrected chi connectivity index (χ3v) is 3.36. The molecule has 1 aromatic heterocycles. The maximum absolute atomic E-state index is 11.9. The molecule has 0 spiro atoms. The van der Waals surface area contributed by atoms with E-state index in [9.17, 15) is 4.79 Å². The number of aromatic nitrogens is 2. The fraction of sp³-hybridized carbons (Fsp3) is 0.0588. The highest BCUT2D eigenvalue weighted by Gasteiger charge is 2.12. The third kappa shape index (κ3) is 3.59. The Morgan fingerprint density at radius 3 is 2.75 bits per heavy atom. The predicted molar refractivity (Wildman–Crippen MR) is 85.0 cm³/mol. The maximum atomic E-state index is 11.9. The van der Waals surface area contributed by atoms with E-state index in [1.54, 1.807) is 36.4 Å². The van der Waals surface area contributed by atoms with Gasteiger partial charge in [-0.2, -0.15) is 10.2 Å². The Balaban J connectivity index is 1.64. The van der Waals surface area contributed by atoms with E-state index >= 15 is 0 Å².